The molecule has 1 saturated heterocycles. The van der Waals surface area contributed by atoms with Gasteiger partial charge in [-0.3, -0.25) is 9.63 Å². The largest absolute Gasteiger partial charge is 0.487 e. The Morgan fingerprint density at radius 2 is 1.83 bits per heavy atom. The Balaban J connectivity index is 1.28. The van der Waals surface area contributed by atoms with Gasteiger partial charge in [0, 0.05) is 5.39 Å². The number of pyridine rings is 1. The highest BCUT2D eigenvalue weighted by molar-refractivity contribution is 5.78. The normalized spacial score (nSPS) is 22.5. The fraction of sp³-hybridized carbons (Fsp3) is 0.360. The smallest absolute Gasteiger partial charge is 0.210 e. The zero-order chi connectivity index (χ0) is 20.3. The summed E-state index contributed by atoms with van der Waals surface area (Å²) >= 11 is 0. The third-order valence-electron chi connectivity index (χ3n) is 6.19. The number of rotatable bonds is 7. The highest BCUT2D eigenvalue weighted by atomic mass is 16.8. The van der Waals surface area contributed by atoms with Gasteiger partial charge in [0.05, 0.1) is 17.3 Å². The van der Waals surface area contributed by atoms with E-state index < -0.39 is 6.23 Å². The van der Waals surface area contributed by atoms with Crippen molar-refractivity contribution in [3.63, 3.8) is 0 Å². The second kappa shape index (κ2) is 8.54. The van der Waals surface area contributed by atoms with Gasteiger partial charge in [0.2, 0.25) is 6.23 Å². The van der Waals surface area contributed by atoms with Gasteiger partial charge in [-0.05, 0) is 48.6 Å². The SMILES string of the molecule is O=CC1ON1C(c1ccc(OCc2ccc3ccccc3n2)cc1)C1CCCCC1. The number of hydrogen-bond donors (Lipinski definition) is 0. The topological polar surface area (TPSA) is 54.7 Å². The van der Waals surface area contributed by atoms with Crippen LogP contribution in [0.15, 0.2) is 60.7 Å². The predicted octanol–water partition coefficient (Wildman–Crippen LogP) is 5.21. The minimum atomic E-state index is -0.396. The summed E-state index contributed by atoms with van der Waals surface area (Å²) < 4.78 is 5.98. The molecule has 154 valence electrons. The molecule has 2 aromatic carbocycles. The number of ether oxygens (including phenoxy) is 1. The molecule has 2 heterocycles. The first-order valence-electron chi connectivity index (χ1n) is 10.8. The number of benzene rings is 2. The molecule has 3 atom stereocenters. The predicted molar refractivity (Wildman–Crippen MR) is 115 cm³/mol. The van der Waals surface area contributed by atoms with Crippen molar-refractivity contribution in [1.29, 1.82) is 0 Å². The standard InChI is InChI=1S/C25H26N2O3/c28-16-24-27(30-24)25(19-7-2-1-3-8-19)20-11-14-22(15-12-20)29-17-21-13-10-18-6-4-5-9-23(18)26-21/h4-6,9-16,19,24-25H,1-3,7-8,17H2. The number of aromatic nitrogens is 1. The van der Waals surface area contributed by atoms with Crippen LogP contribution < -0.4 is 4.74 Å². The van der Waals surface area contributed by atoms with Crippen LogP contribution in [-0.2, 0) is 16.2 Å². The second-order valence-electron chi connectivity index (χ2n) is 8.19. The maximum absolute atomic E-state index is 11.2. The first-order chi connectivity index (χ1) is 14.8. The molecule has 3 aromatic rings. The van der Waals surface area contributed by atoms with Crippen LogP contribution in [0.5, 0.6) is 5.75 Å². The minimum Gasteiger partial charge on any atom is -0.487 e. The highest BCUT2D eigenvalue weighted by Crippen LogP contribution is 2.44. The van der Waals surface area contributed by atoms with Gasteiger partial charge in [0.1, 0.15) is 12.4 Å². The van der Waals surface area contributed by atoms with Crippen LogP contribution in [0.2, 0.25) is 0 Å². The minimum absolute atomic E-state index is 0.136. The molecule has 30 heavy (non-hydrogen) atoms. The maximum Gasteiger partial charge on any atom is 0.210 e. The summed E-state index contributed by atoms with van der Waals surface area (Å²) in [5, 5.41) is 2.99. The van der Waals surface area contributed by atoms with Crippen molar-refractivity contribution in [2.45, 2.75) is 51.0 Å². The van der Waals surface area contributed by atoms with Gasteiger partial charge in [-0.2, -0.15) is 0 Å². The number of carbonyl (C=O) groups is 1. The van der Waals surface area contributed by atoms with E-state index in [1.807, 2.05) is 41.5 Å². The molecule has 5 rings (SSSR count). The van der Waals surface area contributed by atoms with Crippen LogP contribution in [0, 0.1) is 5.92 Å². The molecule has 2 aliphatic rings. The maximum atomic E-state index is 11.2. The van der Waals surface area contributed by atoms with Crippen molar-refractivity contribution < 1.29 is 14.4 Å². The van der Waals surface area contributed by atoms with Crippen molar-refractivity contribution in [3.05, 3.63) is 71.9 Å². The lowest BCUT2D eigenvalue weighted by Gasteiger charge is -2.30. The highest BCUT2D eigenvalue weighted by Gasteiger charge is 2.46. The van der Waals surface area contributed by atoms with E-state index in [4.69, 9.17) is 9.57 Å². The van der Waals surface area contributed by atoms with Gasteiger partial charge in [0.15, 0.2) is 6.29 Å². The van der Waals surface area contributed by atoms with Gasteiger partial charge in [-0.25, -0.2) is 4.98 Å². The number of para-hydroxylation sites is 1. The number of hydrogen-bond acceptors (Lipinski definition) is 5. The lowest BCUT2D eigenvalue weighted by atomic mass is 9.81. The number of hydroxylamine groups is 2. The average molecular weight is 402 g/mol. The van der Waals surface area contributed by atoms with Gasteiger partial charge in [-0.15, -0.1) is 5.06 Å². The number of nitrogens with zero attached hydrogens (tertiary/aromatic N) is 2. The third kappa shape index (κ3) is 4.09. The van der Waals surface area contributed by atoms with Gasteiger partial charge >= 0.3 is 0 Å². The Hall–Kier alpha value is -2.76. The van der Waals surface area contributed by atoms with Crippen LogP contribution in [0.25, 0.3) is 10.9 Å². The molecule has 0 radical (unpaired) electrons. The lowest BCUT2D eigenvalue weighted by Crippen LogP contribution is -2.24. The zero-order valence-electron chi connectivity index (χ0n) is 16.9. The second-order valence-corrected chi connectivity index (χ2v) is 8.19. The van der Waals surface area contributed by atoms with Crippen LogP contribution in [0.3, 0.4) is 0 Å². The summed E-state index contributed by atoms with van der Waals surface area (Å²) in [4.78, 5) is 21.4. The van der Waals surface area contributed by atoms with Crippen LogP contribution in [0.4, 0.5) is 0 Å². The van der Waals surface area contributed by atoms with Crippen molar-refractivity contribution in [1.82, 2.24) is 10.0 Å². The molecule has 0 spiro atoms. The van der Waals surface area contributed by atoms with Gasteiger partial charge in [0.25, 0.3) is 0 Å². The zero-order valence-corrected chi connectivity index (χ0v) is 16.9. The Morgan fingerprint density at radius 1 is 1.03 bits per heavy atom. The first kappa shape index (κ1) is 19.2. The monoisotopic (exact) mass is 402 g/mol. The van der Waals surface area contributed by atoms with Gasteiger partial charge in [-0.1, -0.05) is 55.7 Å². The van der Waals surface area contributed by atoms with E-state index in [1.165, 1.54) is 37.7 Å². The summed E-state index contributed by atoms with van der Waals surface area (Å²) in [5.41, 5.74) is 3.07. The summed E-state index contributed by atoms with van der Waals surface area (Å²) in [6.07, 6.45) is 6.65. The molecule has 0 bridgehead atoms. The number of fused-ring (bicyclic) bond motifs is 1. The Kier molecular flexibility index (Phi) is 5.47. The molecule has 5 heteroatoms. The molecule has 5 nitrogen and oxygen atoms in total. The molecule has 1 aromatic heterocycles. The van der Waals surface area contributed by atoms with Crippen molar-refractivity contribution >= 4 is 17.2 Å². The summed E-state index contributed by atoms with van der Waals surface area (Å²) in [5.74, 6) is 1.34. The molecule has 1 aliphatic carbocycles. The average Bonchev–Trinajstić information content (AvgIpc) is 3.59. The van der Waals surface area contributed by atoms with E-state index >= 15 is 0 Å². The van der Waals surface area contributed by atoms with Crippen molar-refractivity contribution in [2.24, 2.45) is 5.92 Å². The van der Waals surface area contributed by atoms with E-state index in [2.05, 4.69) is 29.2 Å². The summed E-state index contributed by atoms with van der Waals surface area (Å²) in [7, 11) is 0. The lowest BCUT2D eigenvalue weighted by molar-refractivity contribution is -0.109. The van der Waals surface area contributed by atoms with Crippen LogP contribution in [-0.4, -0.2) is 22.6 Å². The van der Waals surface area contributed by atoms with E-state index in [-0.39, 0.29) is 6.04 Å². The number of aldehydes is 1. The quantitative estimate of drug-likeness (QED) is 0.401. The van der Waals surface area contributed by atoms with Crippen molar-refractivity contribution in [2.75, 3.05) is 0 Å². The molecular formula is C25H26N2O3. The first-order valence-corrected chi connectivity index (χ1v) is 10.8. The molecule has 3 unspecified atom stereocenters. The molecule has 1 saturated carbocycles. The van der Waals surface area contributed by atoms with E-state index in [0.29, 0.717) is 12.5 Å². The van der Waals surface area contributed by atoms with Crippen molar-refractivity contribution in [3.8, 4) is 5.75 Å². The van der Waals surface area contributed by atoms with E-state index in [9.17, 15) is 4.79 Å². The molecule has 1 aliphatic heterocycles. The number of carbonyl (C=O) groups excluding carboxylic acids is 1. The fourth-order valence-electron chi connectivity index (χ4n) is 4.59. The summed E-state index contributed by atoms with van der Waals surface area (Å²) in [6, 6.07) is 20.5. The Bertz CT molecular complexity index is 1010. The van der Waals surface area contributed by atoms with Crippen LogP contribution in [0.1, 0.15) is 49.4 Å². The third-order valence-corrected chi connectivity index (χ3v) is 6.19. The molecule has 0 amide bonds. The van der Waals surface area contributed by atoms with E-state index in [0.717, 1.165) is 28.6 Å². The molecular weight excluding hydrogens is 376 g/mol. The van der Waals surface area contributed by atoms with Gasteiger partial charge < -0.3 is 4.74 Å². The molecule has 2 fully saturated rings. The van der Waals surface area contributed by atoms with E-state index in [1.54, 1.807) is 0 Å². The summed E-state index contributed by atoms with van der Waals surface area (Å²) in [6.45, 7) is 0.429. The fourth-order valence-corrected chi connectivity index (χ4v) is 4.59. The Labute approximate surface area is 176 Å². The molecule has 0 N–H and O–H groups in total. The Morgan fingerprint density at radius 3 is 2.60 bits per heavy atom. The van der Waals surface area contributed by atoms with Crippen LogP contribution >= 0.6 is 0 Å².